The van der Waals surface area contributed by atoms with Crippen molar-refractivity contribution in [2.24, 2.45) is 0 Å². The van der Waals surface area contributed by atoms with E-state index < -0.39 is 0 Å². The van der Waals surface area contributed by atoms with E-state index in [-0.39, 0.29) is 0 Å². The molecular weight excluding hydrogens is 262 g/mol. The van der Waals surface area contributed by atoms with Crippen LogP contribution in [-0.4, -0.2) is 12.8 Å². The quantitative estimate of drug-likeness (QED) is 0.839. The van der Waals surface area contributed by atoms with E-state index >= 15 is 0 Å². The second-order valence-electron chi connectivity index (χ2n) is 5.14. The zero-order valence-corrected chi connectivity index (χ0v) is 13.3. The van der Waals surface area contributed by atoms with Crippen LogP contribution in [0.2, 0.25) is 0 Å². The van der Waals surface area contributed by atoms with Crippen LogP contribution in [0.5, 0.6) is 0 Å². The summed E-state index contributed by atoms with van der Waals surface area (Å²) in [6.07, 6.45) is 0. The van der Waals surface area contributed by atoms with E-state index in [0.717, 1.165) is 11.5 Å². The first kappa shape index (κ1) is 15.1. The summed E-state index contributed by atoms with van der Waals surface area (Å²) >= 11 is 1.99. The summed E-state index contributed by atoms with van der Waals surface area (Å²) < 4.78 is 0. The van der Waals surface area contributed by atoms with Crippen molar-refractivity contribution in [2.75, 3.05) is 12.8 Å². The Hall–Kier alpha value is -1.25. The summed E-state index contributed by atoms with van der Waals surface area (Å²) in [6.45, 7) is 4.37. The van der Waals surface area contributed by atoms with Crippen LogP contribution < -0.4 is 5.32 Å². The van der Waals surface area contributed by atoms with Crippen molar-refractivity contribution >= 4 is 11.8 Å². The van der Waals surface area contributed by atoms with Gasteiger partial charge in [-0.3, -0.25) is 0 Å². The molecule has 2 rings (SSSR count). The maximum absolute atomic E-state index is 3.44. The van der Waals surface area contributed by atoms with Gasteiger partial charge in [-0.1, -0.05) is 48.5 Å². The molecule has 0 heterocycles. The van der Waals surface area contributed by atoms with Gasteiger partial charge in [0.25, 0.3) is 0 Å². The summed E-state index contributed by atoms with van der Waals surface area (Å²) in [4.78, 5) is 0. The summed E-state index contributed by atoms with van der Waals surface area (Å²) in [5.41, 5.74) is 5.60. The van der Waals surface area contributed by atoms with Gasteiger partial charge in [0, 0.05) is 17.5 Å². The number of thioether (sulfide) groups is 1. The molecule has 0 fully saturated rings. The highest BCUT2D eigenvalue weighted by Gasteiger charge is 2.11. The third-order valence-corrected chi connectivity index (χ3v) is 4.80. The Kier molecular flexibility index (Phi) is 5.69. The maximum Gasteiger partial charge on any atom is 0.0412 e. The van der Waals surface area contributed by atoms with E-state index in [4.69, 9.17) is 0 Å². The summed E-state index contributed by atoms with van der Waals surface area (Å²) in [7, 11) is 2.05. The molecule has 0 bridgehead atoms. The van der Waals surface area contributed by atoms with Crippen molar-refractivity contribution in [2.45, 2.75) is 25.6 Å². The smallest absolute Gasteiger partial charge is 0.0412 e. The molecule has 0 aromatic heterocycles. The number of aryl methyl sites for hydroxylation is 2. The van der Waals surface area contributed by atoms with Crippen molar-refractivity contribution in [1.29, 1.82) is 0 Å². The molecule has 2 aromatic carbocycles. The summed E-state index contributed by atoms with van der Waals surface area (Å²) in [5.74, 6) is 2.17. The van der Waals surface area contributed by atoms with Gasteiger partial charge in [-0.05, 0) is 43.1 Å². The lowest BCUT2D eigenvalue weighted by molar-refractivity contribution is 0.658. The monoisotopic (exact) mass is 285 g/mol. The lowest BCUT2D eigenvalue weighted by Crippen LogP contribution is -2.19. The topological polar surface area (TPSA) is 12.0 Å². The van der Waals surface area contributed by atoms with Crippen LogP contribution in [0.25, 0.3) is 0 Å². The van der Waals surface area contributed by atoms with E-state index in [2.05, 4.69) is 67.7 Å². The van der Waals surface area contributed by atoms with E-state index in [1.54, 1.807) is 0 Å². The van der Waals surface area contributed by atoms with Crippen molar-refractivity contribution in [3.05, 3.63) is 70.8 Å². The van der Waals surface area contributed by atoms with E-state index in [1.807, 2.05) is 18.8 Å². The maximum atomic E-state index is 3.44. The average Bonchev–Trinajstić information content (AvgIpc) is 2.46. The zero-order valence-electron chi connectivity index (χ0n) is 12.5. The first-order valence-electron chi connectivity index (χ1n) is 7.07. The van der Waals surface area contributed by atoms with Gasteiger partial charge in [-0.15, -0.1) is 0 Å². The number of nitrogens with one attached hydrogen (secondary N) is 1. The van der Waals surface area contributed by atoms with E-state index in [0.29, 0.717) is 6.04 Å². The molecule has 0 aliphatic rings. The fraction of sp³-hybridized carbons (Fsp3) is 0.333. The second kappa shape index (κ2) is 7.51. The fourth-order valence-electron chi connectivity index (χ4n) is 2.37. The van der Waals surface area contributed by atoms with Gasteiger partial charge in [-0.25, -0.2) is 0 Å². The molecule has 0 saturated heterocycles. The van der Waals surface area contributed by atoms with Gasteiger partial charge in [0.2, 0.25) is 0 Å². The third-order valence-electron chi connectivity index (χ3n) is 3.72. The lowest BCUT2D eigenvalue weighted by Gasteiger charge is -2.18. The normalized spacial score (nSPS) is 12.3. The molecule has 2 aromatic rings. The molecule has 0 amide bonds. The van der Waals surface area contributed by atoms with Crippen LogP contribution in [0.15, 0.2) is 48.5 Å². The number of benzene rings is 2. The highest BCUT2D eigenvalue weighted by Crippen LogP contribution is 2.24. The van der Waals surface area contributed by atoms with Gasteiger partial charge in [0.15, 0.2) is 0 Å². The fourth-order valence-corrected chi connectivity index (χ4v) is 3.61. The third kappa shape index (κ3) is 3.87. The van der Waals surface area contributed by atoms with Crippen LogP contribution in [0.1, 0.15) is 28.3 Å². The molecule has 0 aliphatic heterocycles. The van der Waals surface area contributed by atoms with Crippen molar-refractivity contribution in [3.63, 3.8) is 0 Å². The molecule has 0 spiro atoms. The lowest BCUT2D eigenvalue weighted by atomic mass is 10.0. The molecule has 20 heavy (non-hydrogen) atoms. The molecule has 1 N–H and O–H groups in total. The van der Waals surface area contributed by atoms with Crippen molar-refractivity contribution in [1.82, 2.24) is 5.32 Å². The van der Waals surface area contributed by atoms with Crippen LogP contribution in [0, 0.1) is 13.8 Å². The van der Waals surface area contributed by atoms with Crippen LogP contribution in [0.4, 0.5) is 0 Å². The summed E-state index contributed by atoms with van der Waals surface area (Å²) in [6, 6.07) is 17.7. The molecule has 106 valence electrons. The first-order valence-corrected chi connectivity index (χ1v) is 8.23. The predicted octanol–water partition coefficient (Wildman–Crippen LogP) is 4.50. The van der Waals surface area contributed by atoms with Gasteiger partial charge < -0.3 is 5.32 Å². The minimum absolute atomic E-state index is 0.421. The van der Waals surface area contributed by atoms with Crippen molar-refractivity contribution < 1.29 is 0 Å². The van der Waals surface area contributed by atoms with Gasteiger partial charge in [0.1, 0.15) is 0 Å². The Morgan fingerprint density at radius 3 is 2.25 bits per heavy atom. The zero-order chi connectivity index (χ0) is 14.4. The average molecular weight is 285 g/mol. The number of hydrogen-bond acceptors (Lipinski definition) is 2. The summed E-state index contributed by atoms with van der Waals surface area (Å²) in [5, 5.41) is 3.44. The van der Waals surface area contributed by atoms with Crippen LogP contribution >= 0.6 is 11.8 Å². The van der Waals surface area contributed by atoms with Gasteiger partial charge in [0.05, 0.1) is 0 Å². The Bertz CT molecular complexity index is 551. The minimum Gasteiger partial charge on any atom is -0.312 e. The Balaban J connectivity index is 1.95. The van der Waals surface area contributed by atoms with Crippen LogP contribution in [-0.2, 0) is 5.75 Å². The SMILES string of the molecule is CNC(CSCc1ccccc1C)c1ccccc1C. The van der Waals surface area contributed by atoms with Gasteiger partial charge >= 0.3 is 0 Å². The molecule has 0 saturated carbocycles. The first-order chi connectivity index (χ1) is 9.72. The Morgan fingerprint density at radius 2 is 1.60 bits per heavy atom. The minimum atomic E-state index is 0.421. The molecule has 1 unspecified atom stereocenters. The highest BCUT2D eigenvalue weighted by molar-refractivity contribution is 7.98. The second-order valence-corrected chi connectivity index (χ2v) is 6.17. The number of rotatable bonds is 6. The molecule has 0 radical (unpaired) electrons. The van der Waals surface area contributed by atoms with E-state index in [1.165, 1.54) is 22.3 Å². The standard InChI is InChI=1S/C18H23NS/c1-14-8-4-6-10-16(14)12-20-13-18(19-3)17-11-7-5-9-15(17)2/h4-11,18-19H,12-13H2,1-3H3. The molecular formula is C18H23NS. The Labute approximate surface area is 126 Å². The van der Waals surface area contributed by atoms with Crippen molar-refractivity contribution in [3.8, 4) is 0 Å². The van der Waals surface area contributed by atoms with Gasteiger partial charge in [-0.2, -0.15) is 11.8 Å². The Morgan fingerprint density at radius 1 is 0.950 bits per heavy atom. The van der Waals surface area contributed by atoms with Crippen LogP contribution in [0.3, 0.4) is 0 Å². The number of hydrogen-bond donors (Lipinski definition) is 1. The highest BCUT2D eigenvalue weighted by atomic mass is 32.2. The van der Waals surface area contributed by atoms with E-state index in [9.17, 15) is 0 Å². The molecule has 1 nitrogen and oxygen atoms in total. The molecule has 2 heteroatoms. The largest absolute Gasteiger partial charge is 0.312 e. The predicted molar refractivity (Wildman–Crippen MR) is 90.3 cm³/mol. The molecule has 0 aliphatic carbocycles. The molecule has 1 atom stereocenters.